The molecule has 2 aromatic rings. The van der Waals surface area contributed by atoms with Gasteiger partial charge in [0, 0.05) is 73.4 Å². The minimum atomic E-state index is -0.383. The van der Waals surface area contributed by atoms with Crippen molar-refractivity contribution in [1.29, 1.82) is 0 Å². The Balaban J connectivity index is 0.784. The van der Waals surface area contributed by atoms with E-state index in [1.54, 1.807) is 0 Å². The van der Waals surface area contributed by atoms with E-state index in [1.165, 1.54) is 33.9 Å². The van der Waals surface area contributed by atoms with Gasteiger partial charge in [0.2, 0.25) is 11.6 Å². The third-order valence-corrected chi connectivity index (χ3v) is 12.8. The summed E-state index contributed by atoms with van der Waals surface area (Å²) in [5, 5.41) is 5.73. The van der Waals surface area contributed by atoms with E-state index in [2.05, 4.69) is 146 Å². The number of nitrogens with one attached hydrogen (secondary N) is 2. The van der Waals surface area contributed by atoms with Crippen LogP contribution in [-0.4, -0.2) is 95.2 Å². The molecule has 10 nitrogen and oxygen atoms in total. The lowest BCUT2D eigenvalue weighted by atomic mass is 9.81. The molecule has 61 heavy (non-hydrogen) atoms. The van der Waals surface area contributed by atoms with Gasteiger partial charge >= 0.3 is 6.09 Å². The second kappa shape index (κ2) is 22.4. The van der Waals surface area contributed by atoms with Gasteiger partial charge in [-0.1, -0.05) is 74.9 Å². The molecule has 2 aliphatic heterocycles. The Hall–Kier alpha value is -4.69. The molecular weight excluding hydrogens is 765 g/mol. The molecule has 1 saturated carbocycles. The molecule has 328 valence electrons. The highest BCUT2D eigenvalue weighted by molar-refractivity contribution is 6.03. The first-order chi connectivity index (χ1) is 29.6. The van der Waals surface area contributed by atoms with Crippen molar-refractivity contribution in [3.8, 4) is 11.8 Å². The zero-order valence-corrected chi connectivity index (χ0v) is 37.3. The topological polar surface area (TPSA) is 101 Å². The van der Waals surface area contributed by atoms with Gasteiger partial charge in [0.05, 0.1) is 51.7 Å². The fourth-order valence-electron chi connectivity index (χ4n) is 9.40. The number of nitrogens with zero attached hydrogens (tertiary/aromatic N) is 2. The molecule has 2 amide bonds. The summed E-state index contributed by atoms with van der Waals surface area (Å²) < 4.78 is 24.5. The van der Waals surface area contributed by atoms with E-state index in [0.29, 0.717) is 83.5 Å². The zero-order chi connectivity index (χ0) is 43.1. The number of unbranched alkanes of at least 4 members (excludes halogenated alkanes) is 2. The van der Waals surface area contributed by atoms with Gasteiger partial charge in [-0.05, 0) is 75.0 Å². The van der Waals surface area contributed by atoms with Crippen LogP contribution in [0.5, 0.6) is 0 Å². The van der Waals surface area contributed by atoms with Gasteiger partial charge in [-0.2, -0.15) is 4.58 Å². The molecule has 1 fully saturated rings. The Morgan fingerprint density at radius 2 is 1.41 bits per heavy atom. The smallest absolute Gasteiger partial charge is 0.407 e. The summed E-state index contributed by atoms with van der Waals surface area (Å²) in [7, 11) is 2.15. The Bertz CT molecular complexity index is 1970. The summed E-state index contributed by atoms with van der Waals surface area (Å²) in [5.74, 6) is 8.30. The SMILES string of the molecule is C[N+]1=C(C=CC=CC=C2N(CCCCCC(=O)NCCOCCOCCOCCNC(=O)OCC3[C@H]4CCC#CCC[C@@H]34)c3ccccc3C2(C)C)C(C)(C)c2ccccc21. The van der Waals surface area contributed by atoms with Gasteiger partial charge in [-0.25, -0.2) is 4.79 Å². The minimum absolute atomic E-state index is 0.0466. The summed E-state index contributed by atoms with van der Waals surface area (Å²) >= 11 is 0. The zero-order valence-electron chi connectivity index (χ0n) is 37.3. The Kier molecular flexibility index (Phi) is 16.8. The quantitative estimate of drug-likeness (QED) is 0.0503. The van der Waals surface area contributed by atoms with Gasteiger partial charge in [0.25, 0.3) is 0 Å². The molecule has 0 spiro atoms. The highest BCUT2D eigenvalue weighted by Crippen LogP contribution is 2.52. The number of hydrogen-bond donors (Lipinski definition) is 2. The number of ether oxygens (including phenoxy) is 4. The van der Waals surface area contributed by atoms with Gasteiger partial charge < -0.3 is 34.5 Å². The minimum Gasteiger partial charge on any atom is -0.449 e. The van der Waals surface area contributed by atoms with Crippen molar-refractivity contribution in [2.45, 2.75) is 89.9 Å². The lowest BCUT2D eigenvalue weighted by Gasteiger charge is -2.27. The van der Waals surface area contributed by atoms with Crippen molar-refractivity contribution in [2.24, 2.45) is 17.8 Å². The van der Waals surface area contributed by atoms with Crippen LogP contribution < -0.4 is 15.5 Å². The molecule has 1 unspecified atom stereocenters. The second-order valence-corrected chi connectivity index (χ2v) is 17.6. The molecule has 0 bridgehead atoms. The number of carbonyl (C=O) groups is 2. The van der Waals surface area contributed by atoms with E-state index in [-0.39, 0.29) is 22.8 Å². The summed E-state index contributed by atoms with van der Waals surface area (Å²) in [6, 6.07) is 17.4. The average molecular weight is 834 g/mol. The number of rotatable bonds is 23. The molecule has 2 aromatic carbocycles. The number of allylic oxidation sites excluding steroid dienone is 6. The number of anilines is 1. The van der Waals surface area contributed by atoms with Crippen LogP contribution in [0.15, 0.2) is 84.6 Å². The molecule has 2 heterocycles. The lowest BCUT2D eigenvalue weighted by molar-refractivity contribution is -0.401. The molecule has 0 radical (unpaired) electrons. The largest absolute Gasteiger partial charge is 0.449 e. The number of hydrogen-bond acceptors (Lipinski definition) is 7. The molecule has 6 rings (SSSR count). The summed E-state index contributed by atoms with van der Waals surface area (Å²) in [6.07, 6.45) is 18.1. The second-order valence-electron chi connectivity index (χ2n) is 17.6. The van der Waals surface area contributed by atoms with Crippen LogP contribution in [0.2, 0.25) is 0 Å². The molecule has 0 aromatic heterocycles. The van der Waals surface area contributed by atoms with Gasteiger partial charge in [0.15, 0.2) is 5.71 Å². The molecule has 2 N–H and O–H groups in total. The van der Waals surface area contributed by atoms with Crippen molar-refractivity contribution >= 4 is 29.1 Å². The van der Waals surface area contributed by atoms with Crippen LogP contribution in [0.1, 0.15) is 90.2 Å². The van der Waals surface area contributed by atoms with E-state index in [9.17, 15) is 9.59 Å². The fourth-order valence-corrected chi connectivity index (χ4v) is 9.40. The fraction of sp³-hybridized carbons (Fsp3) is 0.549. The van der Waals surface area contributed by atoms with Crippen LogP contribution in [0.3, 0.4) is 0 Å². The first-order valence-electron chi connectivity index (χ1n) is 22.6. The van der Waals surface area contributed by atoms with Gasteiger partial charge in [0.1, 0.15) is 7.05 Å². The van der Waals surface area contributed by atoms with Crippen LogP contribution in [0.4, 0.5) is 16.2 Å². The standard InChI is InChI=1S/C51H68N4O6/c1-50(2)42-22-15-17-24-44(42)54(5)46(50)26-12-8-13-27-47-51(3,4)43-23-16-18-25-45(43)55(47)31-19-9-14-28-48(56)52-29-32-58-34-36-60-37-35-59-33-30-53-49(57)61-38-41-39-20-10-6-7-11-21-40(39)41/h8,12-13,15-18,22-27,39-41H,9-11,14,19-21,28-38H2,1-5H3,(H-,52,53,56,57)/p+1/t39-,40+,41?. The number of carbonyl (C=O) groups excluding carboxylic acids is 2. The maximum Gasteiger partial charge on any atom is 0.407 e. The third kappa shape index (κ3) is 12.2. The van der Waals surface area contributed by atoms with Crippen molar-refractivity contribution in [3.05, 3.63) is 95.7 Å². The first kappa shape index (κ1) is 45.8. The van der Waals surface area contributed by atoms with Crippen molar-refractivity contribution < 1.29 is 33.1 Å². The van der Waals surface area contributed by atoms with E-state index in [1.807, 2.05) is 0 Å². The Morgan fingerprint density at radius 3 is 2.11 bits per heavy atom. The molecule has 0 saturated heterocycles. The number of fused-ring (bicyclic) bond motifs is 3. The number of amides is 2. The maximum atomic E-state index is 12.5. The predicted octanol–water partition coefficient (Wildman–Crippen LogP) is 8.38. The van der Waals surface area contributed by atoms with Crippen LogP contribution in [0.25, 0.3) is 0 Å². The monoisotopic (exact) mass is 834 g/mol. The van der Waals surface area contributed by atoms with E-state index < -0.39 is 0 Å². The Labute approximate surface area is 364 Å². The summed E-state index contributed by atoms with van der Waals surface area (Å²) in [4.78, 5) is 27.0. The molecule has 4 aliphatic rings. The highest BCUT2D eigenvalue weighted by atomic mass is 16.6. The van der Waals surface area contributed by atoms with Crippen molar-refractivity contribution in [1.82, 2.24) is 10.6 Å². The molecule has 2 aliphatic carbocycles. The lowest BCUT2D eigenvalue weighted by Crippen LogP contribution is -2.29. The first-order valence-corrected chi connectivity index (χ1v) is 22.6. The van der Waals surface area contributed by atoms with E-state index in [0.717, 1.165) is 51.5 Å². The Morgan fingerprint density at radius 1 is 0.770 bits per heavy atom. The number of para-hydroxylation sites is 2. The van der Waals surface area contributed by atoms with E-state index >= 15 is 0 Å². The third-order valence-electron chi connectivity index (χ3n) is 12.8. The molecule has 3 atom stereocenters. The van der Waals surface area contributed by atoms with Crippen LogP contribution >= 0.6 is 0 Å². The highest BCUT2D eigenvalue weighted by Gasteiger charge is 2.49. The predicted molar refractivity (Wildman–Crippen MR) is 243 cm³/mol. The van der Waals surface area contributed by atoms with Crippen molar-refractivity contribution in [3.63, 3.8) is 0 Å². The normalized spacial score (nSPS) is 21.4. The summed E-state index contributed by atoms with van der Waals surface area (Å²) in [6.45, 7) is 14.1. The molecule has 10 heteroatoms. The van der Waals surface area contributed by atoms with Gasteiger partial charge in [-0.3, -0.25) is 4.79 Å². The number of benzene rings is 2. The summed E-state index contributed by atoms with van der Waals surface area (Å²) in [5.41, 5.74) is 7.67. The molecular formula is C51H69N4O6+. The average Bonchev–Trinajstić information content (AvgIpc) is 3.78. The van der Waals surface area contributed by atoms with Crippen molar-refractivity contribution in [2.75, 3.05) is 77.8 Å². The maximum absolute atomic E-state index is 12.5. The van der Waals surface area contributed by atoms with Crippen LogP contribution in [-0.2, 0) is 34.6 Å². The van der Waals surface area contributed by atoms with E-state index in [4.69, 9.17) is 18.9 Å². The van der Waals surface area contributed by atoms with Crippen LogP contribution in [0, 0.1) is 29.6 Å². The van der Waals surface area contributed by atoms with Gasteiger partial charge in [-0.15, -0.1) is 11.8 Å². The number of alkyl carbamates (subject to hydrolysis) is 1.